The average Bonchev–Trinajstić information content (AvgIpc) is 3.46. The first-order chi connectivity index (χ1) is 14.1. The number of amides is 1. The van der Waals surface area contributed by atoms with Gasteiger partial charge in [0.05, 0.1) is 22.8 Å². The van der Waals surface area contributed by atoms with Crippen LogP contribution in [0.2, 0.25) is 0 Å². The lowest BCUT2D eigenvalue weighted by Crippen LogP contribution is -2.45. The Bertz CT molecular complexity index is 1050. The van der Waals surface area contributed by atoms with E-state index in [0.717, 1.165) is 62.1 Å². The predicted octanol–water partition coefficient (Wildman–Crippen LogP) is 4.52. The van der Waals surface area contributed by atoms with Crippen molar-refractivity contribution < 1.29 is 4.79 Å². The Morgan fingerprint density at radius 1 is 1.07 bits per heavy atom. The minimum absolute atomic E-state index is 0.0650. The van der Waals surface area contributed by atoms with E-state index in [2.05, 4.69) is 46.2 Å². The van der Waals surface area contributed by atoms with E-state index in [1.807, 2.05) is 29.8 Å². The number of carbonyl (C=O) groups excluding carboxylic acids is 1. The molecule has 1 amide bonds. The molecule has 2 aromatic heterocycles. The van der Waals surface area contributed by atoms with Crippen molar-refractivity contribution in [3.63, 3.8) is 0 Å². The molecule has 1 unspecified atom stereocenters. The summed E-state index contributed by atoms with van der Waals surface area (Å²) in [5, 5.41) is 4.65. The molecule has 3 aromatic rings. The lowest BCUT2D eigenvalue weighted by Gasteiger charge is -2.36. The Morgan fingerprint density at radius 3 is 2.59 bits per heavy atom. The fourth-order valence-corrected chi connectivity index (χ4v) is 5.35. The summed E-state index contributed by atoms with van der Waals surface area (Å²) in [6.07, 6.45) is 8.00. The van der Waals surface area contributed by atoms with Crippen LogP contribution in [0.25, 0.3) is 5.65 Å². The number of likely N-dealkylation sites (tertiary alicyclic amines) is 1. The molecule has 3 heterocycles. The molecule has 1 aliphatic heterocycles. The van der Waals surface area contributed by atoms with Crippen LogP contribution in [0.5, 0.6) is 0 Å². The molecular weight excluding hydrogens is 360 g/mol. The van der Waals surface area contributed by atoms with Crippen LogP contribution in [0, 0.1) is 13.8 Å². The van der Waals surface area contributed by atoms with Gasteiger partial charge >= 0.3 is 0 Å². The molecule has 1 atom stereocenters. The van der Waals surface area contributed by atoms with Gasteiger partial charge in [-0.1, -0.05) is 42.7 Å². The van der Waals surface area contributed by atoms with E-state index in [-0.39, 0.29) is 11.5 Å². The molecule has 1 aromatic carbocycles. The van der Waals surface area contributed by atoms with Crippen molar-refractivity contribution in [3.8, 4) is 0 Å². The van der Waals surface area contributed by atoms with E-state index in [4.69, 9.17) is 0 Å². The molecule has 0 spiro atoms. The highest BCUT2D eigenvalue weighted by Crippen LogP contribution is 2.45. The normalized spacial score (nSPS) is 21.2. The van der Waals surface area contributed by atoms with Crippen LogP contribution >= 0.6 is 0 Å². The monoisotopic (exact) mass is 388 g/mol. The zero-order valence-corrected chi connectivity index (χ0v) is 17.3. The molecule has 0 N–H and O–H groups in total. The largest absolute Gasteiger partial charge is 0.333 e. The summed E-state index contributed by atoms with van der Waals surface area (Å²) in [5.74, 6) is 0.301. The molecule has 2 fully saturated rings. The van der Waals surface area contributed by atoms with Crippen molar-refractivity contribution in [2.75, 3.05) is 6.54 Å². The third-order valence-corrected chi connectivity index (χ3v) is 6.84. The number of benzene rings is 1. The Morgan fingerprint density at radius 2 is 1.83 bits per heavy atom. The van der Waals surface area contributed by atoms with Crippen molar-refractivity contribution in [1.82, 2.24) is 19.5 Å². The van der Waals surface area contributed by atoms with Gasteiger partial charge in [-0.05, 0) is 51.2 Å². The predicted molar refractivity (Wildman–Crippen MR) is 113 cm³/mol. The second-order valence-corrected chi connectivity index (χ2v) is 8.74. The minimum Gasteiger partial charge on any atom is -0.333 e. The highest BCUT2D eigenvalue weighted by atomic mass is 16.2. The minimum atomic E-state index is -0.373. The molecule has 0 radical (unpaired) electrons. The van der Waals surface area contributed by atoms with Gasteiger partial charge in [0.1, 0.15) is 0 Å². The van der Waals surface area contributed by atoms with E-state index in [0.29, 0.717) is 5.91 Å². The molecular formula is C24H28N4O. The van der Waals surface area contributed by atoms with E-state index < -0.39 is 0 Å². The first-order valence-corrected chi connectivity index (χ1v) is 10.8. The van der Waals surface area contributed by atoms with Gasteiger partial charge in [0.15, 0.2) is 5.65 Å². The SMILES string of the molecule is Cc1ccc(C2(C(=O)N3CCCC3c3ccnc4cc(C)nn34)CCCC2)cc1. The summed E-state index contributed by atoms with van der Waals surface area (Å²) in [7, 11) is 0. The number of hydrogen-bond acceptors (Lipinski definition) is 3. The molecule has 1 saturated carbocycles. The molecule has 5 heteroatoms. The van der Waals surface area contributed by atoms with E-state index in [1.54, 1.807) is 0 Å². The number of hydrogen-bond donors (Lipinski definition) is 0. The average molecular weight is 389 g/mol. The standard InChI is InChI=1S/C24H28N4O/c1-17-7-9-19(10-8-17)24(12-3-4-13-24)23(29)27-15-5-6-20(27)21-11-14-25-22-16-18(2)26-28(21)22/h7-11,14,16,20H,3-6,12-13,15H2,1-2H3. The smallest absolute Gasteiger partial charge is 0.233 e. The van der Waals surface area contributed by atoms with Gasteiger partial charge in [0.25, 0.3) is 0 Å². The van der Waals surface area contributed by atoms with Crippen LogP contribution in [0.3, 0.4) is 0 Å². The highest BCUT2D eigenvalue weighted by molar-refractivity contribution is 5.89. The van der Waals surface area contributed by atoms with Crippen LogP contribution in [0.1, 0.15) is 67.1 Å². The van der Waals surface area contributed by atoms with Gasteiger partial charge in [-0.15, -0.1) is 0 Å². The first kappa shape index (κ1) is 18.3. The number of aromatic nitrogens is 3. The van der Waals surface area contributed by atoms with Crippen molar-refractivity contribution in [2.45, 2.75) is 63.8 Å². The molecule has 5 nitrogen and oxygen atoms in total. The number of fused-ring (bicyclic) bond motifs is 1. The van der Waals surface area contributed by atoms with Crippen molar-refractivity contribution in [1.29, 1.82) is 0 Å². The number of nitrogens with zero attached hydrogens (tertiary/aromatic N) is 4. The quantitative estimate of drug-likeness (QED) is 0.663. The Hall–Kier alpha value is -2.69. The zero-order chi connectivity index (χ0) is 20.0. The number of carbonyl (C=O) groups is 1. The lowest BCUT2D eigenvalue weighted by molar-refractivity contribution is -0.138. The third kappa shape index (κ3) is 2.95. The molecule has 0 bridgehead atoms. The fourth-order valence-electron chi connectivity index (χ4n) is 5.35. The Labute approximate surface area is 171 Å². The number of rotatable bonds is 3. The molecule has 29 heavy (non-hydrogen) atoms. The summed E-state index contributed by atoms with van der Waals surface area (Å²) >= 11 is 0. The van der Waals surface area contributed by atoms with Gasteiger partial charge in [-0.3, -0.25) is 4.79 Å². The maximum Gasteiger partial charge on any atom is 0.233 e. The summed E-state index contributed by atoms with van der Waals surface area (Å²) in [4.78, 5) is 20.6. The second kappa shape index (κ2) is 6.97. The van der Waals surface area contributed by atoms with Gasteiger partial charge in [0, 0.05) is 18.8 Å². The molecule has 1 saturated heterocycles. The summed E-state index contributed by atoms with van der Waals surface area (Å²) < 4.78 is 1.93. The fraction of sp³-hybridized carbons (Fsp3) is 0.458. The maximum atomic E-state index is 14.1. The Balaban J connectivity index is 1.54. The van der Waals surface area contributed by atoms with Gasteiger partial charge in [-0.2, -0.15) is 5.10 Å². The summed E-state index contributed by atoms with van der Waals surface area (Å²) in [6, 6.07) is 12.7. The van der Waals surface area contributed by atoms with Crippen molar-refractivity contribution in [2.24, 2.45) is 0 Å². The van der Waals surface area contributed by atoms with Crippen LogP contribution < -0.4 is 0 Å². The van der Waals surface area contributed by atoms with Crippen LogP contribution in [-0.2, 0) is 10.2 Å². The Kier molecular flexibility index (Phi) is 4.41. The van der Waals surface area contributed by atoms with Crippen molar-refractivity contribution in [3.05, 3.63) is 65.1 Å². The maximum absolute atomic E-state index is 14.1. The molecule has 5 rings (SSSR count). The van der Waals surface area contributed by atoms with Crippen LogP contribution in [0.15, 0.2) is 42.6 Å². The topological polar surface area (TPSA) is 50.5 Å². The zero-order valence-electron chi connectivity index (χ0n) is 17.3. The molecule has 2 aliphatic rings. The summed E-state index contributed by atoms with van der Waals surface area (Å²) in [6.45, 7) is 4.91. The van der Waals surface area contributed by atoms with E-state index in [1.165, 1.54) is 11.1 Å². The molecule has 150 valence electrons. The van der Waals surface area contributed by atoms with Gasteiger partial charge in [0.2, 0.25) is 5.91 Å². The third-order valence-electron chi connectivity index (χ3n) is 6.84. The second-order valence-electron chi connectivity index (χ2n) is 8.74. The lowest BCUT2D eigenvalue weighted by atomic mass is 9.77. The number of aryl methyl sites for hydroxylation is 2. The highest BCUT2D eigenvalue weighted by Gasteiger charge is 2.47. The van der Waals surface area contributed by atoms with E-state index >= 15 is 0 Å². The van der Waals surface area contributed by atoms with Crippen LogP contribution in [0.4, 0.5) is 0 Å². The van der Waals surface area contributed by atoms with Crippen LogP contribution in [-0.4, -0.2) is 31.9 Å². The van der Waals surface area contributed by atoms with E-state index in [9.17, 15) is 4.79 Å². The van der Waals surface area contributed by atoms with Gasteiger partial charge < -0.3 is 4.90 Å². The molecule has 1 aliphatic carbocycles. The van der Waals surface area contributed by atoms with Gasteiger partial charge in [-0.25, -0.2) is 9.50 Å². The summed E-state index contributed by atoms with van der Waals surface area (Å²) in [5.41, 5.74) is 4.93. The van der Waals surface area contributed by atoms with Crippen molar-refractivity contribution >= 4 is 11.6 Å². The first-order valence-electron chi connectivity index (χ1n) is 10.8.